The molecule has 1 aliphatic rings. The number of ether oxygens (including phenoxy) is 1. The normalized spacial score (nSPS) is 13.7. The van der Waals surface area contributed by atoms with Crippen molar-refractivity contribution in [1.82, 2.24) is 3.97 Å². The van der Waals surface area contributed by atoms with Crippen LogP contribution in [0.4, 0.5) is 23.2 Å². The van der Waals surface area contributed by atoms with E-state index in [-0.39, 0.29) is 11.9 Å². The number of nitrogens with zero attached hydrogens (tertiary/aromatic N) is 3. The van der Waals surface area contributed by atoms with Crippen molar-refractivity contribution in [2.24, 2.45) is 5.92 Å². The van der Waals surface area contributed by atoms with Crippen molar-refractivity contribution < 1.29 is 27.1 Å². The predicted molar refractivity (Wildman–Crippen MR) is 156 cm³/mol. The molecule has 212 valence electrons. The van der Waals surface area contributed by atoms with Gasteiger partial charge < -0.3 is 9.64 Å². The number of halogens is 4. The van der Waals surface area contributed by atoms with Gasteiger partial charge in [-0.2, -0.15) is 18.4 Å². The third-order valence-electron chi connectivity index (χ3n) is 7.20. The van der Waals surface area contributed by atoms with Gasteiger partial charge in [0.25, 0.3) is 0 Å². The predicted octanol–water partition coefficient (Wildman–Crippen LogP) is 8.23. The Bertz CT molecular complexity index is 1850. The number of thiophene rings is 1. The Balaban J connectivity index is 1.54. The van der Waals surface area contributed by atoms with E-state index in [1.54, 1.807) is 11.4 Å². The van der Waals surface area contributed by atoms with E-state index in [1.807, 2.05) is 39.2 Å². The molecule has 0 spiro atoms. The number of methoxy groups -OCH3 is 1. The van der Waals surface area contributed by atoms with Crippen LogP contribution in [0.3, 0.4) is 0 Å². The van der Waals surface area contributed by atoms with Gasteiger partial charge in [-0.15, -0.1) is 11.3 Å². The van der Waals surface area contributed by atoms with Crippen LogP contribution in [0.5, 0.6) is 0 Å². The van der Waals surface area contributed by atoms with Crippen molar-refractivity contribution in [3.8, 4) is 28.5 Å². The van der Waals surface area contributed by atoms with E-state index in [0.717, 1.165) is 23.4 Å². The summed E-state index contributed by atoms with van der Waals surface area (Å²) in [4.78, 5) is 15.0. The van der Waals surface area contributed by atoms with Gasteiger partial charge in [-0.1, -0.05) is 12.1 Å². The molecule has 0 saturated carbocycles. The van der Waals surface area contributed by atoms with Gasteiger partial charge >= 0.3 is 12.1 Å². The zero-order valence-corrected chi connectivity index (χ0v) is 23.6. The molecule has 0 bridgehead atoms. The summed E-state index contributed by atoms with van der Waals surface area (Å²) in [6.45, 7) is 1.00. The van der Waals surface area contributed by atoms with Crippen molar-refractivity contribution >= 4 is 45.8 Å². The standard InChI is InChI=1S/C31H21F4N3O2S2/c1-40-30(39)19-16-37(17-19)22-4-2-3-18(13-22)29-28(24-11-12-41-27(24)15-36)25-14-21(32)7-10-26(25)38(29)42-23-8-5-20(6-9-23)31(33,34)35/h2-14,19H,16-17H2,1H3. The molecule has 0 radical (unpaired) electrons. The molecule has 0 unspecified atom stereocenters. The average molecular weight is 608 g/mol. The van der Waals surface area contributed by atoms with Gasteiger partial charge in [-0.25, -0.2) is 4.39 Å². The lowest BCUT2D eigenvalue weighted by Gasteiger charge is -2.39. The summed E-state index contributed by atoms with van der Waals surface area (Å²) in [6, 6.07) is 21.0. The number of carbonyl (C=O) groups is 1. The van der Waals surface area contributed by atoms with Gasteiger partial charge in [0.15, 0.2) is 0 Å². The number of benzene rings is 3. The molecule has 1 fully saturated rings. The number of carbonyl (C=O) groups excluding carboxylic acids is 1. The van der Waals surface area contributed by atoms with E-state index in [4.69, 9.17) is 4.74 Å². The van der Waals surface area contributed by atoms with Gasteiger partial charge in [0, 0.05) is 45.7 Å². The van der Waals surface area contributed by atoms with Crippen molar-refractivity contribution in [2.45, 2.75) is 11.1 Å². The number of hydrogen-bond acceptors (Lipinski definition) is 6. The van der Waals surface area contributed by atoms with Gasteiger partial charge in [0.05, 0.1) is 29.8 Å². The molecule has 11 heteroatoms. The van der Waals surface area contributed by atoms with Crippen LogP contribution in [0.2, 0.25) is 0 Å². The molecule has 42 heavy (non-hydrogen) atoms. The molecule has 5 nitrogen and oxygen atoms in total. The highest BCUT2D eigenvalue weighted by Gasteiger charge is 2.34. The lowest BCUT2D eigenvalue weighted by molar-refractivity contribution is -0.146. The monoisotopic (exact) mass is 607 g/mol. The Labute approximate surface area is 246 Å². The van der Waals surface area contributed by atoms with Crippen LogP contribution in [-0.4, -0.2) is 30.1 Å². The number of rotatable bonds is 6. The quantitative estimate of drug-likeness (QED) is 0.144. The molecule has 1 aliphatic heterocycles. The molecule has 0 atom stereocenters. The minimum Gasteiger partial charge on any atom is -0.469 e. The molecular formula is C31H21F4N3O2S2. The fraction of sp³-hybridized carbons (Fsp3) is 0.161. The van der Waals surface area contributed by atoms with E-state index < -0.39 is 17.6 Å². The molecule has 1 saturated heterocycles. The lowest BCUT2D eigenvalue weighted by atomic mass is 9.96. The van der Waals surface area contributed by atoms with Gasteiger partial charge in [0.1, 0.15) is 16.8 Å². The highest BCUT2D eigenvalue weighted by Crippen LogP contribution is 2.47. The SMILES string of the molecule is COC(=O)C1CN(c2cccc(-c3c(-c4ccsc4C#N)c4cc(F)ccc4n3Sc3ccc(C(F)(F)F)cc3)c2)C1. The first kappa shape index (κ1) is 27.9. The summed E-state index contributed by atoms with van der Waals surface area (Å²) in [5, 5.41) is 12.2. The summed E-state index contributed by atoms with van der Waals surface area (Å²) in [5.41, 5.74) is 3.47. The first-order chi connectivity index (χ1) is 20.2. The van der Waals surface area contributed by atoms with Crippen molar-refractivity contribution in [1.29, 1.82) is 5.26 Å². The number of hydrogen-bond donors (Lipinski definition) is 0. The smallest absolute Gasteiger partial charge is 0.416 e. The number of nitriles is 1. The third kappa shape index (κ3) is 5.01. The zero-order chi connectivity index (χ0) is 29.6. The van der Waals surface area contributed by atoms with Gasteiger partial charge in [-0.3, -0.25) is 8.77 Å². The molecule has 6 rings (SSSR count). The number of esters is 1. The van der Waals surface area contributed by atoms with Crippen LogP contribution in [0, 0.1) is 23.1 Å². The molecule has 2 aromatic heterocycles. The van der Waals surface area contributed by atoms with Gasteiger partial charge in [0.2, 0.25) is 0 Å². The van der Waals surface area contributed by atoms with E-state index >= 15 is 0 Å². The largest absolute Gasteiger partial charge is 0.469 e. The van der Waals surface area contributed by atoms with Gasteiger partial charge in [-0.05, 0) is 78.0 Å². The summed E-state index contributed by atoms with van der Waals surface area (Å²) >= 11 is 2.48. The minimum absolute atomic E-state index is 0.220. The zero-order valence-electron chi connectivity index (χ0n) is 22.0. The second kappa shape index (κ2) is 10.9. The highest BCUT2D eigenvalue weighted by atomic mass is 32.2. The number of alkyl halides is 3. The summed E-state index contributed by atoms with van der Waals surface area (Å²) in [7, 11) is 1.36. The molecule has 0 amide bonds. The van der Waals surface area contributed by atoms with Crippen LogP contribution in [0.25, 0.3) is 33.3 Å². The number of anilines is 1. The molecule has 0 N–H and O–H groups in total. The van der Waals surface area contributed by atoms with Crippen LogP contribution >= 0.6 is 23.3 Å². The molecular weight excluding hydrogens is 586 g/mol. The topological polar surface area (TPSA) is 58.3 Å². The summed E-state index contributed by atoms with van der Waals surface area (Å²) < 4.78 is 61.1. The number of aromatic nitrogens is 1. The fourth-order valence-electron chi connectivity index (χ4n) is 5.12. The van der Waals surface area contributed by atoms with E-state index in [1.165, 1.54) is 54.7 Å². The second-order valence-electron chi connectivity index (χ2n) is 9.74. The van der Waals surface area contributed by atoms with Crippen LogP contribution in [-0.2, 0) is 15.7 Å². The Morgan fingerprint density at radius 3 is 2.52 bits per heavy atom. The van der Waals surface area contributed by atoms with Crippen LogP contribution < -0.4 is 4.90 Å². The third-order valence-corrected chi connectivity index (χ3v) is 9.07. The highest BCUT2D eigenvalue weighted by molar-refractivity contribution is 7.98. The second-order valence-corrected chi connectivity index (χ2v) is 11.7. The Hall–Kier alpha value is -4.27. The molecule has 3 aromatic carbocycles. The first-order valence-electron chi connectivity index (χ1n) is 12.8. The Morgan fingerprint density at radius 2 is 1.83 bits per heavy atom. The maximum atomic E-state index is 14.7. The maximum absolute atomic E-state index is 14.7. The van der Waals surface area contributed by atoms with E-state index in [2.05, 4.69) is 6.07 Å². The van der Waals surface area contributed by atoms with Crippen molar-refractivity contribution in [2.75, 3.05) is 25.1 Å². The maximum Gasteiger partial charge on any atom is 0.416 e. The van der Waals surface area contributed by atoms with Crippen molar-refractivity contribution in [3.63, 3.8) is 0 Å². The Kier molecular flexibility index (Phi) is 7.20. The molecule has 5 aromatic rings. The lowest BCUT2D eigenvalue weighted by Crippen LogP contribution is -2.50. The molecule has 3 heterocycles. The number of fused-ring (bicyclic) bond motifs is 1. The first-order valence-corrected chi connectivity index (χ1v) is 14.4. The summed E-state index contributed by atoms with van der Waals surface area (Å²) in [5.74, 6) is -0.937. The average Bonchev–Trinajstić information content (AvgIpc) is 3.54. The Morgan fingerprint density at radius 1 is 1.07 bits per heavy atom. The fourth-order valence-corrected chi connectivity index (χ4v) is 6.83. The van der Waals surface area contributed by atoms with E-state index in [0.29, 0.717) is 50.6 Å². The van der Waals surface area contributed by atoms with Crippen molar-refractivity contribution in [3.05, 3.63) is 94.4 Å². The minimum atomic E-state index is -4.46. The summed E-state index contributed by atoms with van der Waals surface area (Å²) in [6.07, 6.45) is -4.46. The van der Waals surface area contributed by atoms with E-state index in [9.17, 15) is 27.6 Å². The van der Waals surface area contributed by atoms with Crippen LogP contribution in [0.1, 0.15) is 10.4 Å². The van der Waals surface area contributed by atoms with Crippen LogP contribution in [0.15, 0.2) is 83.1 Å². The molecule has 0 aliphatic carbocycles.